The van der Waals surface area contributed by atoms with Crippen molar-refractivity contribution in [3.05, 3.63) is 64.9 Å². The molecule has 0 saturated heterocycles. The Hall–Kier alpha value is -2.07. The van der Waals surface area contributed by atoms with Crippen molar-refractivity contribution in [3.63, 3.8) is 0 Å². The van der Waals surface area contributed by atoms with Crippen LogP contribution in [0, 0.1) is 0 Å². The molecule has 4 nitrogen and oxygen atoms in total. The highest BCUT2D eigenvalue weighted by molar-refractivity contribution is 6.30. The van der Waals surface area contributed by atoms with E-state index in [1.807, 2.05) is 56.3 Å². The van der Waals surface area contributed by atoms with E-state index in [-0.39, 0.29) is 18.1 Å². The highest BCUT2D eigenvalue weighted by atomic mass is 35.5. The molecule has 122 valence electrons. The summed E-state index contributed by atoms with van der Waals surface area (Å²) < 4.78 is 0. The molecule has 0 fully saturated rings. The Morgan fingerprint density at radius 3 is 2.52 bits per heavy atom. The zero-order valence-corrected chi connectivity index (χ0v) is 14.4. The summed E-state index contributed by atoms with van der Waals surface area (Å²) in [6, 6.07) is 13.0. The SMILES string of the molecule is CCC(NC(=O)N(C)C(C)c1ccccn1)c1ccc(Cl)cc1. The van der Waals surface area contributed by atoms with Crippen molar-refractivity contribution in [2.45, 2.75) is 32.4 Å². The predicted octanol–water partition coefficient (Wildman–Crippen LogP) is 4.59. The molecule has 0 aliphatic rings. The van der Waals surface area contributed by atoms with Gasteiger partial charge in [-0.25, -0.2) is 4.79 Å². The number of rotatable bonds is 5. The second-order valence-corrected chi connectivity index (χ2v) is 5.94. The standard InChI is InChI=1S/C18H22ClN3O/c1-4-16(14-8-10-15(19)11-9-14)21-18(23)22(3)13(2)17-7-5-6-12-20-17/h5-13,16H,4H2,1-3H3,(H,21,23). The lowest BCUT2D eigenvalue weighted by Crippen LogP contribution is -2.40. The molecule has 23 heavy (non-hydrogen) atoms. The van der Waals surface area contributed by atoms with E-state index in [2.05, 4.69) is 10.3 Å². The molecule has 1 aromatic heterocycles. The third kappa shape index (κ3) is 4.45. The molecule has 0 aliphatic carbocycles. The Balaban J connectivity index is 2.05. The first-order valence-corrected chi connectivity index (χ1v) is 8.10. The van der Waals surface area contributed by atoms with Crippen LogP contribution in [0.4, 0.5) is 4.79 Å². The van der Waals surface area contributed by atoms with E-state index in [4.69, 9.17) is 11.6 Å². The summed E-state index contributed by atoms with van der Waals surface area (Å²) in [6.45, 7) is 4.01. The van der Waals surface area contributed by atoms with Crippen molar-refractivity contribution < 1.29 is 4.79 Å². The predicted molar refractivity (Wildman–Crippen MR) is 93.4 cm³/mol. The molecule has 0 radical (unpaired) electrons. The third-order valence-electron chi connectivity index (χ3n) is 4.00. The summed E-state index contributed by atoms with van der Waals surface area (Å²) in [5.41, 5.74) is 1.91. The molecule has 0 bridgehead atoms. The Morgan fingerprint density at radius 2 is 1.96 bits per heavy atom. The van der Waals surface area contributed by atoms with Gasteiger partial charge in [0.25, 0.3) is 0 Å². The second-order valence-electron chi connectivity index (χ2n) is 5.50. The molecular formula is C18H22ClN3O. The number of halogens is 1. The zero-order chi connectivity index (χ0) is 16.8. The maximum Gasteiger partial charge on any atom is 0.318 e. The molecule has 2 unspecified atom stereocenters. The van der Waals surface area contributed by atoms with Gasteiger partial charge in [-0.1, -0.05) is 36.7 Å². The number of hydrogen-bond donors (Lipinski definition) is 1. The molecule has 2 aromatic rings. The number of nitrogens with zero attached hydrogens (tertiary/aromatic N) is 2. The van der Waals surface area contributed by atoms with Gasteiger partial charge in [-0.05, 0) is 43.2 Å². The Morgan fingerprint density at radius 1 is 1.26 bits per heavy atom. The fourth-order valence-corrected chi connectivity index (χ4v) is 2.49. The van der Waals surface area contributed by atoms with Crippen LogP contribution in [0.2, 0.25) is 5.02 Å². The van der Waals surface area contributed by atoms with Crippen LogP contribution in [0.25, 0.3) is 0 Å². The van der Waals surface area contributed by atoms with Crippen molar-refractivity contribution >= 4 is 17.6 Å². The van der Waals surface area contributed by atoms with Crippen LogP contribution in [0.3, 0.4) is 0 Å². The van der Waals surface area contributed by atoms with Crippen LogP contribution in [0.1, 0.15) is 43.6 Å². The van der Waals surface area contributed by atoms with Gasteiger partial charge < -0.3 is 10.2 Å². The van der Waals surface area contributed by atoms with Crippen molar-refractivity contribution in [1.29, 1.82) is 0 Å². The molecule has 5 heteroatoms. The van der Waals surface area contributed by atoms with Gasteiger partial charge in [-0.15, -0.1) is 0 Å². The van der Waals surface area contributed by atoms with Crippen LogP contribution in [-0.2, 0) is 0 Å². The number of nitrogens with one attached hydrogen (secondary N) is 1. The summed E-state index contributed by atoms with van der Waals surface area (Å²) in [5, 5.41) is 3.76. The van der Waals surface area contributed by atoms with Crippen LogP contribution < -0.4 is 5.32 Å². The number of carbonyl (C=O) groups excluding carboxylic acids is 1. The highest BCUT2D eigenvalue weighted by Crippen LogP contribution is 2.21. The monoisotopic (exact) mass is 331 g/mol. The van der Waals surface area contributed by atoms with E-state index < -0.39 is 0 Å². The van der Waals surface area contributed by atoms with E-state index in [9.17, 15) is 4.79 Å². The number of aromatic nitrogens is 1. The summed E-state index contributed by atoms with van der Waals surface area (Å²) in [5.74, 6) is 0. The van der Waals surface area contributed by atoms with Gasteiger partial charge in [-0.3, -0.25) is 4.98 Å². The first kappa shape index (κ1) is 17.3. The lowest BCUT2D eigenvalue weighted by Gasteiger charge is -2.27. The van der Waals surface area contributed by atoms with Crippen LogP contribution in [-0.4, -0.2) is 23.0 Å². The van der Waals surface area contributed by atoms with Gasteiger partial charge in [0.1, 0.15) is 0 Å². The van der Waals surface area contributed by atoms with E-state index in [0.717, 1.165) is 17.7 Å². The van der Waals surface area contributed by atoms with Crippen LogP contribution in [0.15, 0.2) is 48.7 Å². The van der Waals surface area contributed by atoms with E-state index >= 15 is 0 Å². The molecule has 1 N–H and O–H groups in total. The fraction of sp³-hybridized carbons (Fsp3) is 0.333. The molecule has 0 spiro atoms. The molecule has 1 aromatic carbocycles. The lowest BCUT2D eigenvalue weighted by molar-refractivity contribution is 0.189. The maximum absolute atomic E-state index is 12.5. The van der Waals surface area contributed by atoms with Gasteiger partial charge in [-0.2, -0.15) is 0 Å². The lowest BCUT2D eigenvalue weighted by atomic mass is 10.0. The Labute approximate surface area is 142 Å². The molecule has 1 heterocycles. The largest absolute Gasteiger partial charge is 0.331 e. The molecule has 0 saturated carbocycles. The molecule has 2 rings (SSSR count). The average Bonchev–Trinajstić information content (AvgIpc) is 2.59. The van der Waals surface area contributed by atoms with Gasteiger partial charge in [0.15, 0.2) is 0 Å². The number of carbonyl (C=O) groups is 1. The topological polar surface area (TPSA) is 45.2 Å². The van der Waals surface area contributed by atoms with E-state index in [0.29, 0.717) is 5.02 Å². The zero-order valence-electron chi connectivity index (χ0n) is 13.7. The van der Waals surface area contributed by atoms with E-state index in [1.54, 1.807) is 18.1 Å². The van der Waals surface area contributed by atoms with Crippen molar-refractivity contribution in [2.24, 2.45) is 0 Å². The Kier molecular flexibility index (Phi) is 5.99. The number of benzene rings is 1. The smallest absolute Gasteiger partial charge is 0.318 e. The highest BCUT2D eigenvalue weighted by Gasteiger charge is 2.21. The van der Waals surface area contributed by atoms with E-state index in [1.165, 1.54) is 0 Å². The van der Waals surface area contributed by atoms with Crippen LogP contribution >= 0.6 is 11.6 Å². The molecule has 2 amide bonds. The molecular weight excluding hydrogens is 310 g/mol. The van der Waals surface area contributed by atoms with Gasteiger partial charge in [0, 0.05) is 18.3 Å². The number of urea groups is 1. The Bertz CT molecular complexity index is 630. The summed E-state index contributed by atoms with van der Waals surface area (Å²) >= 11 is 5.92. The van der Waals surface area contributed by atoms with Gasteiger partial charge >= 0.3 is 6.03 Å². The van der Waals surface area contributed by atoms with Crippen molar-refractivity contribution in [2.75, 3.05) is 7.05 Å². The third-order valence-corrected chi connectivity index (χ3v) is 4.25. The normalized spacial score (nSPS) is 13.2. The van der Waals surface area contributed by atoms with Gasteiger partial charge in [0.2, 0.25) is 0 Å². The summed E-state index contributed by atoms with van der Waals surface area (Å²) in [4.78, 5) is 18.5. The minimum atomic E-state index is -0.120. The second kappa shape index (κ2) is 7.97. The first-order valence-electron chi connectivity index (χ1n) is 7.72. The quantitative estimate of drug-likeness (QED) is 0.871. The van der Waals surface area contributed by atoms with Crippen molar-refractivity contribution in [3.8, 4) is 0 Å². The average molecular weight is 332 g/mol. The summed E-state index contributed by atoms with van der Waals surface area (Å²) in [6.07, 6.45) is 2.54. The van der Waals surface area contributed by atoms with Crippen molar-refractivity contribution in [1.82, 2.24) is 15.2 Å². The number of hydrogen-bond acceptors (Lipinski definition) is 2. The minimum Gasteiger partial charge on any atom is -0.331 e. The fourth-order valence-electron chi connectivity index (χ4n) is 2.36. The van der Waals surface area contributed by atoms with Gasteiger partial charge in [0.05, 0.1) is 17.8 Å². The number of pyridine rings is 1. The molecule has 0 aliphatic heterocycles. The molecule has 2 atom stereocenters. The van der Waals surface area contributed by atoms with Crippen LogP contribution in [0.5, 0.6) is 0 Å². The minimum absolute atomic E-state index is 0.0434. The first-order chi connectivity index (χ1) is 11.0. The number of amides is 2. The summed E-state index contributed by atoms with van der Waals surface area (Å²) in [7, 11) is 1.78. The maximum atomic E-state index is 12.5.